The number of H-pyrrole nitrogens is 1. The lowest BCUT2D eigenvalue weighted by molar-refractivity contribution is 0.0943. The molecule has 0 saturated heterocycles. The average molecular weight is 246 g/mol. The Bertz CT molecular complexity index is 586. The Labute approximate surface area is 104 Å². The van der Waals surface area contributed by atoms with Gasteiger partial charge >= 0.3 is 5.69 Å². The Morgan fingerprint density at radius 2 is 2.11 bits per heavy atom. The normalized spacial score (nSPS) is 10.3. The van der Waals surface area contributed by atoms with E-state index < -0.39 is 5.69 Å². The molecule has 18 heavy (non-hydrogen) atoms. The maximum absolute atomic E-state index is 11.6. The van der Waals surface area contributed by atoms with E-state index >= 15 is 0 Å². The van der Waals surface area contributed by atoms with Gasteiger partial charge in [-0.05, 0) is 12.0 Å². The van der Waals surface area contributed by atoms with Crippen LogP contribution in [0.25, 0.3) is 0 Å². The summed E-state index contributed by atoms with van der Waals surface area (Å²) in [6.07, 6.45) is 0.740. The third kappa shape index (κ3) is 2.85. The van der Waals surface area contributed by atoms with E-state index in [9.17, 15) is 9.59 Å². The molecular formula is C12H14N4O2. The van der Waals surface area contributed by atoms with Crippen LogP contribution < -0.4 is 11.0 Å². The lowest BCUT2D eigenvalue weighted by Gasteiger charge is -2.02. The fourth-order valence-corrected chi connectivity index (χ4v) is 1.55. The number of hydrogen-bond donors (Lipinski definition) is 2. The van der Waals surface area contributed by atoms with Crippen molar-refractivity contribution in [3.63, 3.8) is 0 Å². The maximum Gasteiger partial charge on any atom is 0.343 e. The van der Waals surface area contributed by atoms with Crippen LogP contribution in [0.5, 0.6) is 0 Å². The Morgan fingerprint density at radius 3 is 2.72 bits per heavy atom. The number of rotatable bonds is 4. The second-order valence-corrected chi connectivity index (χ2v) is 3.89. The summed E-state index contributed by atoms with van der Waals surface area (Å²) in [6, 6.07) is 9.84. The largest absolute Gasteiger partial charge is 0.349 e. The van der Waals surface area contributed by atoms with Crippen LogP contribution in [0.15, 0.2) is 35.1 Å². The molecule has 0 aliphatic carbocycles. The molecule has 94 valence electrons. The van der Waals surface area contributed by atoms with E-state index in [1.165, 1.54) is 7.05 Å². The van der Waals surface area contributed by atoms with Crippen LogP contribution in [-0.4, -0.2) is 27.2 Å². The number of nitrogens with one attached hydrogen (secondary N) is 2. The molecule has 6 heteroatoms. The van der Waals surface area contributed by atoms with Gasteiger partial charge in [-0.25, -0.2) is 9.48 Å². The van der Waals surface area contributed by atoms with Crippen molar-refractivity contribution < 1.29 is 4.79 Å². The highest BCUT2D eigenvalue weighted by atomic mass is 16.2. The molecule has 2 rings (SSSR count). The van der Waals surface area contributed by atoms with Gasteiger partial charge in [-0.1, -0.05) is 30.3 Å². The third-order valence-electron chi connectivity index (χ3n) is 2.53. The van der Waals surface area contributed by atoms with Crippen molar-refractivity contribution >= 4 is 5.91 Å². The number of nitrogens with zero attached hydrogens (tertiary/aromatic N) is 2. The summed E-state index contributed by atoms with van der Waals surface area (Å²) >= 11 is 0. The van der Waals surface area contributed by atoms with Gasteiger partial charge < -0.3 is 5.32 Å². The predicted octanol–water partition coefficient (Wildman–Crippen LogP) is 0.0809. The molecule has 0 spiro atoms. The first kappa shape index (κ1) is 12.1. The zero-order chi connectivity index (χ0) is 13.0. The molecule has 0 radical (unpaired) electrons. The SMILES string of the molecule is Cn1nc(C(=O)NCCc2ccccc2)[nH]c1=O. The van der Waals surface area contributed by atoms with Crippen LogP contribution in [0, 0.1) is 0 Å². The summed E-state index contributed by atoms with van der Waals surface area (Å²) < 4.78 is 1.09. The molecule has 1 heterocycles. The lowest BCUT2D eigenvalue weighted by Crippen LogP contribution is -2.27. The topological polar surface area (TPSA) is 79.8 Å². The summed E-state index contributed by atoms with van der Waals surface area (Å²) in [7, 11) is 1.49. The van der Waals surface area contributed by atoms with Crippen molar-refractivity contribution in [1.29, 1.82) is 0 Å². The fourth-order valence-electron chi connectivity index (χ4n) is 1.55. The second-order valence-electron chi connectivity index (χ2n) is 3.89. The summed E-state index contributed by atoms with van der Waals surface area (Å²) in [4.78, 5) is 25.1. The van der Waals surface area contributed by atoms with Crippen LogP contribution in [0.3, 0.4) is 0 Å². The van der Waals surface area contributed by atoms with Crippen LogP contribution in [0.4, 0.5) is 0 Å². The number of benzene rings is 1. The first-order valence-electron chi connectivity index (χ1n) is 5.62. The molecule has 2 aromatic rings. The standard InChI is InChI=1S/C12H14N4O2/c1-16-12(18)14-10(15-16)11(17)13-8-7-9-5-3-2-4-6-9/h2-6H,7-8H2,1H3,(H,13,17)(H,14,15,18). The lowest BCUT2D eigenvalue weighted by atomic mass is 10.1. The van der Waals surface area contributed by atoms with Crippen molar-refractivity contribution in [3.8, 4) is 0 Å². The third-order valence-corrected chi connectivity index (χ3v) is 2.53. The molecule has 1 amide bonds. The Morgan fingerprint density at radius 1 is 1.39 bits per heavy atom. The van der Waals surface area contributed by atoms with Gasteiger partial charge in [-0.15, -0.1) is 5.10 Å². The second kappa shape index (κ2) is 5.31. The van der Waals surface area contributed by atoms with E-state index in [1.807, 2.05) is 30.3 Å². The molecule has 0 saturated carbocycles. The quantitative estimate of drug-likeness (QED) is 0.801. The molecule has 1 aromatic carbocycles. The van der Waals surface area contributed by atoms with Crippen molar-refractivity contribution in [2.45, 2.75) is 6.42 Å². The number of carbonyl (C=O) groups is 1. The van der Waals surface area contributed by atoms with E-state index in [0.29, 0.717) is 6.54 Å². The van der Waals surface area contributed by atoms with Gasteiger partial charge in [0.25, 0.3) is 5.91 Å². The number of hydrogen-bond acceptors (Lipinski definition) is 3. The molecule has 6 nitrogen and oxygen atoms in total. The zero-order valence-corrected chi connectivity index (χ0v) is 10.0. The van der Waals surface area contributed by atoms with Gasteiger partial charge in [0, 0.05) is 13.6 Å². The van der Waals surface area contributed by atoms with Gasteiger partial charge in [-0.3, -0.25) is 9.78 Å². The van der Waals surface area contributed by atoms with Crippen molar-refractivity contribution in [3.05, 3.63) is 52.2 Å². The highest BCUT2D eigenvalue weighted by Crippen LogP contribution is 1.98. The van der Waals surface area contributed by atoms with Gasteiger partial charge in [-0.2, -0.15) is 0 Å². The molecule has 0 atom stereocenters. The van der Waals surface area contributed by atoms with Crippen molar-refractivity contribution in [1.82, 2.24) is 20.1 Å². The Hall–Kier alpha value is -2.37. The van der Waals surface area contributed by atoms with Gasteiger partial charge in [0.1, 0.15) is 0 Å². The highest BCUT2D eigenvalue weighted by molar-refractivity contribution is 5.90. The van der Waals surface area contributed by atoms with Crippen LogP contribution in [0.1, 0.15) is 16.2 Å². The van der Waals surface area contributed by atoms with Crippen molar-refractivity contribution in [2.24, 2.45) is 7.05 Å². The molecule has 0 aliphatic rings. The van der Waals surface area contributed by atoms with E-state index in [4.69, 9.17) is 0 Å². The van der Waals surface area contributed by atoms with Crippen LogP contribution >= 0.6 is 0 Å². The monoisotopic (exact) mass is 246 g/mol. The first-order chi connectivity index (χ1) is 8.66. The van der Waals surface area contributed by atoms with Crippen molar-refractivity contribution in [2.75, 3.05) is 6.54 Å². The Kier molecular flexibility index (Phi) is 3.57. The van der Waals surface area contributed by atoms with Crippen LogP contribution in [-0.2, 0) is 13.5 Å². The predicted molar refractivity (Wildman–Crippen MR) is 66.3 cm³/mol. The minimum atomic E-state index is -0.400. The van der Waals surface area contributed by atoms with Crippen LogP contribution in [0.2, 0.25) is 0 Å². The number of amides is 1. The number of aryl methyl sites for hydroxylation is 1. The van der Waals surface area contributed by atoms with Gasteiger partial charge in [0.05, 0.1) is 0 Å². The maximum atomic E-state index is 11.6. The van der Waals surface area contributed by atoms with E-state index in [-0.39, 0.29) is 11.7 Å². The molecule has 0 unspecified atom stereocenters. The summed E-state index contributed by atoms with van der Waals surface area (Å²) in [5, 5.41) is 6.48. The van der Waals surface area contributed by atoms with Gasteiger partial charge in [0.15, 0.2) is 0 Å². The zero-order valence-electron chi connectivity index (χ0n) is 10.0. The molecular weight excluding hydrogens is 232 g/mol. The Balaban J connectivity index is 1.87. The van der Waals surface area contributed by atoms with E-state index in [0.717, 1.165) is 16.7 Å². The van der Waals surface area contributed by atoms with E-state index in [1.54, 1.807) is 0 Å². The number of carbonyl (C=O) groups excluding carboxylic acids is 1. The average Bonchev–Trinajstić information content (AvgIpc) is 2.71. The number of aromatic nitrogens is 3. The summed E-state index contributed by atoms with van der Waals surface area (Å²) in [5.74, 6) is -0.334. The summed E-state index contributed by atoms with van der Waals surface area (Å²) in [5.41, 5.74) is 0.746. The fraction of sp³-hybridized carbons (Fsp3) is 0.250. The highest BCUT2D eigenvalue weighted by Gasteiger charge is 2.10. The van der Waals surface area contributed by atoms with Gasteiger partial charge in [0.2, 0.25) is 5.82 Å². The molecule has 0 aliphatic heterocycles. The minimum Gasteiger partial charge on any atom is -0.349 e. The summed E-state index contributed by atoms with van der Waals surface area (Å²) in [6.45, 7) is 0.501. The molecule has 1 aromatic heterocycles. The smallest absolute Gasteiger partial charge is 0.343 e. The number of aromatic amines is 1. The molecule has 0 fully saturated rings. The molecule has 0 bridgehead atoms. The minimum absolute atomic E-state index is 0.0376. The van der Waals surface area contributed by atoms with E-state index in [2.05, 4.69) is 15.4 Å². The first-order valence-corrected chi connectivity index (χ1v) is 5.62. The molecule has 2 N–H and O–H groups in total.